The molecule has 2 heterocycles. The molecule has 0 spiro atoms. The van der Waals surface area contributed by atoms with Gasteiger partial charge in [0.1, 0.15) is 0 Å². The number of aryl methyl sites for hydroxylation is 2. The minimum absolute atomic E-state index is 0.672. The number of H-pyrrole nitrogens is 1. The van der Waals surface area contributed by atoms with Crippen molar-refractivity contribution in [1.82, 2.24) is 20.6 Å². The minimum Gasteiger partial charge on any atom is -0.238 e. The van der Waals surface area contributed by atoms with Gasteiger partial charge >= 0.3 is 0 Å². The second-order valence-corrected chi connectivity index (χ2v) is 8.53. The van der Waals surface area contributed by atoms with Gasteiger partial charge in [0.2, 0.25) is 0 Å². The summed E-state index contributed by atoms with van der Waals surface area (Å²) in [7, 11) is 0. The van der Waals surface area contributed by atoms with E-state index in [1.807, 2.05) is 12.1 Å². The number of aromatic amines is 1. The summed E-state index contributed by atoms with van der Waals surface area (Å²) < 4.78 is 0. The second kappa shape index (κ2) is 7.10. The van der Waals surface area contributed by atoms with Gasteiger partial charge in [0.05, 0.1) is 4.88 Å². The highest BCUT2D eigenvalue weighted by Gasteiger charge is 2.19. The number of tetrazole rings is 1. The van der Waals surface area contributed by atoms with Crippen LogP contribution in [-0.2, 0) is 0 Å². The molecule has 0 aliphatic carbocycles. The van der Waals surface area contributed by atoms with E-state index >= 15 is 0 Å². The Kier molecular flexibility index (Phi) is 4.42. The first-order valence-corrected chi connectivity index (χ1v) is 10.4. The Morgan fingerprint density at radius 2 is 1.62 bits per heavy atom. The van der Waals surface area contributed by atoms with E-state index in [9.17, 15) is 0 Å². The molecule has 5 aromatic rings. The standard InChI is InChI=1S/C23H17ClN4S/c1-13-7-9-19(18-6-4-3-5-16(13)18)22-20(17-10-8-15(24)11-14(17)2)12-21(29-22)23-25-27-28-26-23/h3-12H,1-2H3,(H,25,26,27,28). The number of rotatable bonds is 3. The van der Waals surface area contributed by atoms with E-state index in [1.165, 1.54) is 26.8 Å². The molecule has 0 aliphatic rings. The zero-order valence-corrected chi connectivity index (χ0v) is 17.5. The summed E-state index contributed by atoms with van der Waals surface area (Å²) in [5, 5.41) is 17.7. The van der Waals surface area contributed by atoms with Gasteiger partial charge in [-0.05, 0) is 69.9 Å². The highest BCUT2D eigenvalue weighted by atomic mass is 35.5. The molecule has 0 aliphatic heterocycles. The average molecular weight is 417 g/mol. The molecule has 3 aromatic carbocycles. The number of nitrogens with one attached hydrogen (secondary N) is 1. The molecule has 4 nitrogen and oxygen atoms in total. The number of aromatic nitrogens is 4. The Hall–Kier alpha value is -3.02. The summed E-state index contributed by atoms with van der Waals surface area (Å²) in [5.41, 5.74) is 5.92. The highest BCUT2D eigenvalue weighted by Crippen LogP contribution is 2.45. The lowest BCUT2D eigenvalue weighted by Crippen LogP contribution is -1.86. The third kappa shape index (κ3) is 3.12. The van der Waals surface area contributed by atoms with Crippen LogP contribution in [-0.4, -0.2) is 20.6 Å². The van der Waals surface area contributed by atoms with Crippen LogP contribution in [0.25, 0.3) is 43.0 Å². The smallest absolute Gasteiger partial charge is 0.189 e. The fourth-order valence-corrected chi connectivity index (χ4v) is 5.12. The molecule has 2 aromatic heterocycles. The van der Waals surface area contributed by atoms with Gasteiger partial charge in [-0.15, -0.1) is 16.4 Å². The predicted octanol–water partition coefficient (Wildman–Crippen LogP) is 6.69. The Labute approximate surface area is 177 Å². The van der Waals surface area contributed by atoms with Crippen molar-refractivity contribution in [3.63, 3.8) is 0 Å². The summed E-state index contributed by atoms with van der Waals surface area (Å²) in [6.45, 7) is 4.24. The van der Waals surface area contributed by atoms with Crippen molar-refractivity contribution in [3.05, 3.63) is 76.8 Å². The van der Waals surface area contributed by atoms with Crippen LogP contribution in [0.1, 0.15) is 11.1 Å². The normalized spacial score (nSPS) is 11.3. The Bertz CT molecular complexity index is 1340. The molecule has 0 atom stereocenters. The van der Waals surface area contributed by atoms with Gasteiger partial charge < -0.3 is 0 Å². The SMILES string of the molecule is Cc1cc(Cl)ccc1-c1cc(-c2nnn[nH]2)sc1-c1ccc(C)c2ccccc12. The Morgan fingerprint density at radius 1 is 0.828 bits per heavy atom. The largest absolute Gasteiger partial charge is 0.238 e. The van der Waals surface area contributed by atoms with Gasteiger partial charge in [-0.1, -0.05) is 54.1 Å². The van der Waals surface area contributed by atoms with Crippen molar-refractivity contribution in [1.29, 1.82) is 0 Å². The summed E-state index contributed by atoms with van der Waals surface area (Å²) >= 11 is 7.91. The lowest BCUT2D eigenvalue weighted by atomic mass is 9.94. The topological polar surface area (TPSA) is 54.5 Å². The van der Waals surface area contributed by atoms with E-state index in [0.29, 0.717) is 5.82 Å². The number of thiophene rings is 1. The fraction of sp³-hybridized carbons (Fsp3) is 0.0870. The fourth-order valence-electron chi connectivity index (χ4n) is 3.75. The van der Waals surface area contributed by atoms with Crippen molar-refractivity contribution < 1.29 is 0 Å². The lowest BCUT2D eigenvalue weighted by Gasteiger charge is -2.12. The third-order valence-corrected chi connectivity index (χ3v) is 6.59. The van der Waals surface area contributed by atoms with Crippen molar-refractivity contribution >= 4 is 33.7 Å². The molecule has 0 bridgehead atoms. The van der Waals surface area contributed by atoms with E-state index in [1.54, 1.807) is 11.3 Å². The molecular formula is C23H17ClN4S. The zero-order chi connectivity index (χ0) is 20.0. The van der Waals surface area contributed by atoms with Crippen LogP contribution in [0, 0.1) is 13.8 Å². The highest BCUT2D eigenvalue weighted by molar-refractivity contribution is 7.19. The van der Waals surface area contributed by atoms with Crippen molar-refractivity contribution in [2.24, 2.45) is 0 Å². The van der Waals surface area contributed by atoms with Crippen LogP contribution in [0.15, 0.2) is 60.7 Å². The molecule has 0 unspecified atom stereocenters. The molecular weight excluding hydrogens is 400 g/mol. The maximum Gasteiger partial charge on any atom is 0.189 e. The first-order valence-electron chi connectivity index (χ1n) is 9.25. The summed E-state index contributed by atoms with van der Waals surface area (Å²) in [6.07, 6.45) is 0. The quantitative estimate of drug-likeness (QED) is 0.356. The van der Waals surface area contributed by atoms with Crippen LogP contribution in [0.3, 0.4) is 0 Å². The van der Waals surface area contributed by atoms with Gasteiger partial charge in [0.25, 0.3) is 0 Å². The molecule has 1 N–H and O–H groups in total. The molecule has 0 fully saturated rings. The summed E-state index contributed by atoms with van der Waals surface area (Å²) in [6, 6.07) is 21.1. The number of nitrogens with zero attached hydrogens (tertiary/aromatic N) is 3. The van der Waals surface area contributed by atoms with Crippen LogP contribution >= 0.6 is 22.9 Å². The number of benzene rings is 3. The zero-order valence-electron chi connectivity index (χ0n) is 15.9. The van der Waals surface area contributed by atoms with Gasteiger partial charge in [-0.2, -0.15) is 0 Å². The molecule has 6 heteroatoms. The van der Waals surface area contributed by atoms with Crippen molar-refractivity contribution in [3.8, 4) is 32.3 Å². The molecule has 0 saturated heterocycles. The van der Waals surface area contributed by atoms with Crippen molar-refractivity contribution in [2.75, 3.05) is 0 Å². The molecule has 5 rings (SSSR count). The minimum atomic E-state index is 0.672. The van der Waals surface area contributed by atoms with E-state index in [-0.39, 0.29) is 0 Å². The summed E-state index contributed by atoms with van der Waals surface area (Å²) in [5.74, 6) is 0.672. The first-order chi connectivity index (χ1) is 14.1. The second-order valence-electron chi connectivity index (χ2n) is 7.04. The number of fused-ring (bicyclic) bond motifs is 1. The van der Waals surface area contributed by atoms with E-state index in [2.05, 4.69) is 83.0 Å². The number of halogens is 1. The van der Waals surface area contributed by atoms with Gasteiger partial charge in [0.15, 0.2) is 5.82 Å². The van der Waals surface area contributed by atoms with Crippen LogP contribution in [0.5, 0.6) is 0 Å². The molecule has 0 radical (unpaired) electrons. The molecule has 29 heavy (non-hydrogen) atoms. The Balaban J connectivity index is 1.82. The monoisotopic (exact) mass is 416 g/mol. The van der Waals surface area contributed by atoms with Gasteiger partial charge in [0, 0.05) is 21.0 Å². The van der Waals surface area contributed by atoms with Crippen LogP contribution < -0.4 is 0 Å². The van der Waals surface area contributed by atoms with Crippen LogP contribution in [0.2, 0.25) is 5.02 Å². The molecule has 0 saturated carbocycles. The average Bonchev–Trinajstić information content (AvgIpc) is 3.39. The third-order valence-electron chi connectivity index (χ3n) is 5.18. The van der Waals surface area contributed by atoms with E-state index in [0.717, 1.165) is 26.6 Å². The van der Waals surface area contributed by atoms with Crippen molar-refractivity contribution in [2.45, 2.75) is 13.8 Å². The number of hydrogen-bond donors (Lipinski definition) is 1. The maximum absolute atomic E-state index is 6.21. The first kappa shape index (κ1) is 18.0. The molecule has 0 amide bonds. The molecule has 142 valence electrons. The van der Waals surface area contributed by atoms with Gasteiger partial charge in [-0.25, -0.2) is 5.10 Å². The summed E-state index contributed by atoms with van der Waals surface area (Å²) in [4.78, 5) is 2.19. The predicted molar refractivity (Wildman–Crippen MR) is 120 cm³/mol. The lowest BCUT2D eigenvalue weighted by molar-refractivity contribution is 0.881. The van der Waals surface area contributed by atoms with Crippen LogP contribution in [0.4, 0.5) is 0 Å². The number of hydrogen-bond acceptors (Lipinski definition) is 4. The van der Waals surface area contributed by atoms with Gasteiger partial charge in [-0.3, -0.25) is 0 Å². The Morgan fingerprint density at radius 3 is 2.38 bits per heavy atom. The van der Waals surface area contributed by atoms with E-state index < -0.39 is 0 Å². The maximum atomic E-state index is 6.21. The van der Waals surface area contributed by atoms with E-state index in [4.69, 9.17) is 11.6 Å².